The number of hydrogen-bond acceptors (Lipinski definition) is 4. The maximum Gasteiger partial charge on any atom is 0.269 e. The average Bonchev–Trinajstić information content (AvgIpc) is 2.68. The van der Waals surface area contributed by atoms with Gasteiger partial charge in [0.05, 0.1) is 4.92 Å². The third-order valence-electron chi connectivity index (χ3n) is 3.76. The molecule has 2 aromatic carbocycles. The molecule has 0 unspecified atom stereocenters. The third kappa shape index (κ3) is 6.07. The normalized spacial score (nSPS) is 10.9. The molecule has 0 aliphatic heterocycles. The molecule has 0 aromatic heterocycles. The Hall–Kier alpha value is -3.48. The zero-order valence-corrected chi connectivity index (χ0v) is 15.0. The van der Waals surface area contributed by atoms with Crippen LogP contribution in [0.3, 0.4) is 0 Å². The molecule has 0 spiro atoms. The van der Waals surface area contributed by atoms with E-state index in [-0.39, 0.29) is 11.4 Å². The fourth-order valence-electron chi connectivity index (χ4n) is 2.28. The van der Waals surface area contributed by atoms with Crippen molar-refractivity contribution in [3.05, 3.63) is 81.5 Å². The van der Waals surface area contributed by atoms with E-state index >= 15 is 0 Å². The molecule has 0 bridgehead atoms. The van der Waals surface area contributed by atoms with Crippen LogP contribution in [0.25, 0.3) is 6.08 Å². The van der Waals surface area contributed by atoms with Crippen LogP contribution in [0.2, 0.25) is 0 Å². The van der Waals surface area contributed by atoms with E-state index in [0.29, 0.717) is 17.7 Å². The van der Waals surface area contributed by atoms with Gasteiger partial charge in [0.1, 0.15) is 5.70 Å². The van der Waals surface area contributed by atoms with Gasteiger partial charge in [-0.15, -0.1) is 0 Å². The lowest BCUT2D eigenvalue weighted by Crippen LogP contribution is -2.35. The number of carbonyl (C=O) groups is 2. The molecule has 0 saturated carbocycles. The number of nitrogens with one attached hydrogen (secondary N) is 2. The van der Waals surface area contributed by atoms with E-state index in [0.717, 1.165) is 12.8 Å². The van der Waals surface area contributed by atoms with Gasteiger partial charge in [0.15, 0.2) is 0 Å². The largest absolute Gasteiger partial charge is 0.351 e. The Bertz CT molecular complexity index is 830. The van der Waals surface area contributed by atoms with Crippen LogP contribution in [-0.4, -0.2) is 23.3 Å². The van der Waals surface area contributed by atoms with Crippen LogP contribution >= 0.6 is 0 Å². The third-order valence-corrected chi connectivity index (χ3v) is 3.76. The first-order valence-corrected chi connectivity index (χ1v) is 8.62. The second kappa shape index (κ2) is 9.86. The molecule has 2 N–H and O–H groups in total. The molecule has 0 aliphatic carbocycles. The Morgan fingerprint density at radius 3 is 2.33 bits per heavy atom. The smallest absolute Gasteiger partial charge is 0.269 e. The van der Waals surface area contributed by atoms with E-state index in [1.54, 1.807) is 30.3 Å². The Morgan fingerprint density at radius 2 is 1.74 bits per heavy atom. The van der Waals surface area contributed by atoms with Gasteiger partial charge in [-0.25, -0.2) is 0 Å². The van der Waals surface area contributed by atoms with E-state index in [9.17, 15) is 19.7 Å². The topological polar surface area (TPSA) is 101 Å². The molecule has 140 valence electrons. The minimum atomic E-state index is -0.497. The average molecular weight is 367 g/mol. The number of nitro benzene ring substituents is 1. The van der Waals surface area contributed by atoms with Gasteiger partial charge in [0.2, 0.25) is 0 Å². The Balaban J connectivity index is 2.24. The van der Waals surface area contributed by atoms with Gasteiger partial charge < -0.3 is 10.6 Å². The summed E-state index contributed by atoms with van der Waals surface area (Å²) in [6, 6.07) is 14.3. The van der Waals surface area contributed by atoms with Crippen molar-refractivity contribution in [1.29, 1.82) is 0 Å². The van der Waals surface area contributed by atoms with Crippen LogP contribution in [0.1, 0.15) is 35.7 Å². The van der Waals surface area contributed by atoms with Gasteiger partial charge in [-0.2, -0.15) is 0 Å². The van der Waals surface area contributed by atoms with Crippen molar-refractivity contribution in [2.45, 2.75) is 19.8 Å². The number of non-ortho nitro benzene ring substituents is 1. The first-order chi connectivity index (χ1) is 13.0. The van der Waals surface area contributed by atoms with Gasteiger partial charge in [0, 0.05) is 24.2 Å². The summed E-state index contributed by atoms with van der Waals surface area (Å²) in [5.41, 5.74) is 1.02. The van der Waals surface area contributed by atoms with Gasteiger partial charge >= 0.3 is 0 Å². The summed E-state index contributed by atoms with van der Waals surface area (Å²) < 4.78 is 0. The minimum Gasteiger partial charge on any atom is -0.351 e. The number of amides is 2. The summed E-state index contributed by atoms with van der Waals surface area (Å²) in [6.45, 7) is 2.51. The number of carbonyl (C=O) groups excluding carboxylic acids is 2. The van der Waals surface area contributed by atoms with Crippen LogP contribution in [0.4, 0.5) is 5.69 Å². The number of benzene rings is 2. The van der Waals surface area contributed by atoms with Crippen molar-refractivity contribution in [3.8, 4) is 0 Å². The predicted molar refractivity (Wildman–Crippen MR) is 103 cm³/mol. The van der Waals surface area contributed by atoms with E-state index in [4.69, 9.17) is 0 Å². The Morgan fingerprint density at radius 1 is 1.07 bits per heavy atom. The lowest BCUT2D eigenvalue weighted by Gasteiger charge is -2.11. The van der Waals surface area contributed by atoms with Crippen molar-refractivity contribution < 1.29 is 14.5 Å². The molecule has 27 heavy (non-hydrogen) atoms. The number of hydrogen-bond donors (Lipinski definition) is 2. The van der Waals surface area contributed by atoms with E-state index in [1.165, 1.54) is 30.3 Å². The highest BCUT2D eigenvalue weighted by Gasteiger charge is 2.14. The summed E-state index contributed by atoms with van der Waals surface area (Å²) in [4.78, 5) is 35.1. The number of unbranched alkanes of at least 4 members (excludes halogenated alkanes) is 1. The molecule has 7 nitrogen and oxygen atoms in total. The quantitative estimate of drug-likeness (QED) is 0.323. The zero-order valence-electron chi connectivity index (χ0n) is 15.0. The minimum absolute atomic E-state index is 0.0468. The molecule has 0 aliphatic rings. The highest BCUT2D eigenvalue weighted by Crippen LogP contribution is 2.14. The van der Waals surface area contributed by atoms with E-state index in [2.05, 4.69) is 10.6 Å². The fraction of sp³-hybridized carbons (Fsp3) is 0.200. The standard InChI is InChI=1S/C20H21N3O4/c1-2-3-13-21-20(25)18(22-19(24)16-7-5-4-6-8-16)14-15-9-11-17(12-10-15)23(26)27/h4-12,14H,2-3,13H2,1H3,(H,21,25)(H,22,24)/b18-14+. The lowest BCUT2D eigenvalue weighted by molar-refractivity contribution is -0.384. The second-order valence-electron chi connectivity index (χ2n) is 5.84. The van der Waals surface area contributed by atoms with Crippen LogP contribution in [0, 0.1) is 10.1 Å². The SMILES string of the molecule is CCCCNC(=O)/C(=C\c1ccc([N+](=O)[O-])cc1)NC(=O)c1ccccc1. The maximum atomic E-state index is 12.5. The van der Waals surface area contributed by atoms with Gasteiger partial charge in [-0.3, -0.25) is 19.7 Å². The van der Waals surface area contributed by atoms with Crippen LogP contribution in [0.5, 0.6) is 0 Å². The number of rotatable bonds is 8. The van der Waals surface area contributed by atoms with Crippen molar-refractivity contribution in [2.75, 3.05) is 6.54 Å². The number of nitro groups is 1. The van der Waals surface area contributed by atoms with Crippen molar-refractivity contribution in [1.82, 2.24) is 10.6 Å². The maximum absolute atomic E-state index is 12.5. The summed E-state index contributed by atoms with van der Waals surface area (Å²) in [7, 11) is 0. The molecule has 0 atom stereocenters. The van der Waals surface area contributed by atoms with E-state index in [1.807, 2.05) is 6.92 Å². The van der Waals surface area contributed by atoms with E-state index < -0.39 is 16.7 Å². The summed E-state index contributed by atoms with van der Waals surface area (Å²) in [5.74, 6) is -0.819. The molecule has 2 amide bonds. The summed E-state index contributed by atoms with van der Waals surface area (Å²) in [6.07, 6.45) is 3.24. The van der Waals surface area contributed by atoms with Crippen molar-refractivity contribution >= 4 is 23.6 Å². The first kappa shape index (κ1) is 19.8. The highest BCUT2D eigenvalue weighted by molar-refractivity contribution is 6.05. The van der Waals surface area contributed by atoms with Gasteiger partial charge in [-0.1, -0.05) is 31.5 Å². The Kier molecular flexibility index (Phi) is 7.25. The second-order valence-corrected chi connectivity index (χ2v) is 5.84. The molecule has 2 rings (SSSR count). The van der Waals surface area contributed by atoms with Crippen LogP contribution in [0.15, 0.2) is 60.3 Å². The van der Waals surface area contributed by atoms with Crippen molar-refractivity contribution in [3.63, 3.8) is 0 Å². The molecule has 0 fully saturated rings. The molecule has 0 saturated heterocycles. The zero-order chi connectivity index (χ0) is 19.6. The summed E-state index contributed by atoms with van der Waals surface area (Å²) in [5, 5.41) is 16.1. The van der Waals surface area contributed by atoms with Crippen LogP contribution in [-0.2, 0) is 4.79 Å². The van der Waals surface area contributed by atoms with Gasteiger partial charge in [0.25, 0.3) is 17.5 Å². The van der Waals surface area contributed by atoms with Crippen LogP contribution < -0.4 is 10.6 Å². The molecule has 0 radical (unpaired) electrons. The fourth-order valence-corrected chi connectivity index (χ4v) is 2.28. The molecule has 7 heteroatoms. The molecule has 0 heterocycles. The molecule has 2 aromatic rings. The first-order valence-electron chi connectivity index (χ1n) is 8.62. The van der Waals surface area contributed by atoms with Gasteiger partial charge in [-0.05, 0) is 42.3 Å². The lowest BCUT2D eigenvalue weighted by atomic mass is 10.1. The molecular weight excluding hydrogens is 346 g/mol. The monoisotopic (exact) mass is 367 g/mol. The summed E-state index contributed by atoms with van der Waals surface area (Å²) >= 11 is 0. The predicted octanol–water partition coefficient (Wildman–Crippen LogP) is 3.28. The number of nitrogens with zero attached hydrogens (tertiary/aromatic N) is 1. The Labute approximate surface area is 157 Å². The van der Waals surface area contributed by atoms with Crippen molar-refractivity contribution in [2.24, 2.45) is 0 Å². The molecular formula is C20H21N3O4. The highest BCUT2D eigenvalue weighted by atomic mass is 16.6.